The van der Waals surface area contributed by atoms with Crippen LogP contribution in [-0.4, -0.2) is 28.5 Å². The van der Waals surface area contributed by atoms with E-state index in [0.29, 0.717) is 18.7 Å². The summed E-state index contributed by atoms with van der Waals surface area (Å²) in [5, 5.41) is 11.4. The second-order valence-electron chi connectivity index (χ2n) is 6.18. The summed E-state index contributed by atoms with van der Waals surface area (Å²) in [7, 11) is 0. The smallest absolute Gasteiger partial charge is 0.303 e. The number of nitrogens with one attached hydrogen (secondary N) is 1. The minimum atomic E-state index is -0.770. The fourth-order valence-corrected chi connectivity index (χ4v) is 2.51. The third-order valence-electron chi connectivity index (χ3n) is 3.98. The molecule has 0 spiro atoms. The molecular weight excluding hydrogens is 304 g/mol. The summed E-state index contributed by atoms with van der Waals surface area (Å²) in [4.78, 5) is 26.6. The van der Waals surface area contributed by atoms with Gasteiger partial charge in [0.25, 0.3) is 5.91 Å². The Hall–Kier alpha value is -1.91. The maximum absolute atomic E-state index is 12.0. The van der Waals surface area contributed by atoms with Crippen molar-refractivity contribution in [3.8, 4) is 0 Å². The van der Waals surface area contributed by atoms with Crippen molar-refractivity contribution in [2.45, 2.75) is 71.1 Å². The SMILES string of the molecule is CCCCCCCc1ccc(C(=O)NCCCCCC(=O)O)nc1. The van der Waals surface area contributed by atoms with Crippen molar-refractivity contribution in [1.29, 1.82) is 0 Å². The molecule has 1 aromatic rings. The van der Waals surface area contributed by atoms with Gasteiger partial charge in [0.15, 0.2) is 0 Å². The van der Waals surface area contributed by atoms with Crippen LogP contribution >= 0.6 is 0 Å². The number of hydrogen-bond donors (Lipinski definition) is 2. The molecule has 1 amide bonds. The molecule has 0 saturated heterocycles. The molecule has 5 heteroatoms. The number of carbonyl (C=O) groups is 2. The summed E-state index contributed by atoms with van der Waals surface area (Å²) in [6, 6.07) is 3.76. The van der Waals surface area contributed by atoms with Crippen molar-refractivity contribution < 1.29 is 14.7 Å². The number of carbonyl (C=O) groups excluding carboxylic acids is 1. The number of nitrogens with zero attached hydrogens (tertiary/aromatic N) is 1. The second kappa shape index (κ2) is 12.5. The van der Waals surface area contributed by atoms with Crippen LogP contribution in [0, 0.1) is 0 Å². The molecule has 0 radical (unpaired) electrons. The molecule has 24 heavy (non-hydrogen) atoms. The summed E-state index contributed by atoms with van der Waals surface area (Å²) in [6.07, 6.45) is 11.5. The lowest BCUT2D eigenvalue weighted by Gasteiger charge is -2.06. The van der Waals surface area contributed by atoms with Crippen molar-refractivity contribution in [3.05, 3.63) is 29.6 Å². The largest absolute Gasteiger partial charge is 0.481 e. The molecule has 0 aliphatic rings. The number of unbranched alkanes of at least 4 members (excludes halogenated alkanes) is 6. The lowest BCUT2D eigenvalue weighted by Crippen LogP contribution is -2.25. The van der Waals surface area contributed by atoms with E-state index in [9.17, 15) is 9.59 Å². The zero-order valence-electron chi connectivity index (χ0n) is 14.7. The third kappa shape index (κ3) is 9.28. The molecule has 0 bridgehead atoms. The first-order valence-electron chi connectivity index (χ1n) is 9.08. The highest BCUT2D eigenvalue weighted by molar-refractivity contribution is 5.92. The molecule has 0 aliphatic heterocycles. The molecule has 0 saturated carbocycles. The number of carboxylic acids is 1. The van der Waals surface area contributed by atoms with Crippen LogP contribution in [0.5, 0.6) is 0 Å². The first-order valence-corrected chi connectivity index (χ1v) is 9.08. The number of aliphatic carboxylic acids is 1. The number of aromatic nitrogens is 1. The number of aryl methyl sites for hydroxylation is 1. The van der Waals surface area contributed by atoms with Crippen molar-refractivity contribution in [1.82, 2.24) is 10.3 Å². The topological polar surface area (TPSA) is 79.3 Å². The summed E-state index contributed by atoms with van der Waals surface area (Å²) in [5.74, 6) is -0.934. The van der Waals surface area contributed by atoms with Crippen LogP contribution in [-0.2, 0) is 11.2 Å². The molecule has 1 rings (SSSR count). The van der Waals surface area contributed by atoms with Crippen molar-refractivity contribution in [3.63, 3.8) is 0 Å². The van der Waals surface area contributed by atoms with Crippen LogP contribution < -0.4 is 5.32 Å². The molecule has 5 nitrogen and oxygen atoms in total. The molecule has 0 unspecified atom stereocenters. The number of pyridine rings is 1. The Balaban J connectivity index is 2.19. The van der Waals surface area contributed by atoms with Crippen molar-refractivity contribution in [2.75, 3.05) is 6.54 Å². The second-order valence-corrected chi connectivity index (χ2v) is 6.18. The number of carboxylic acid groups (broad SMARTS) is 1. The van der Waals surface area contributed by atoms with Gasteiger partial charge < -0.3 is 10.4 Å². The number of hydrogen-bond acceptors (Lipinski definition) is 3. The van der Waals surface area contributed by atoms with E-state index in [4.69, 9.17) is 5.11 Å². The van der Waals surface area contributed by atoms with Crippen LogP contribution in [0.1, 0.15) is 80.8 Å². The molecule has 0 aliphatic carbocycles. The first-order chi connectivity index (χ1) is 11.6. The van der Waals surface area contributed by atoms with Gasteiger partial charge in [-0.3, -0.25) is 14.6 Å². The Labute approximate surface area is 144 Å². The predicted octanol–water partition coefficient (Wildman–Crippen LogP) is 3.97. The van der Waals surface area contributed by atoms with E-state index < -0.39 is 5.97 Å². The van der Waals surface area contributed by atoms with E-state index in [-0.39, 0.29) is 12.3 Å². The van der Waals surface area contributed by atoms with Gasteiger partial charge in [0.2, 0.25) is 0 Å². The van der Waals surface area contributed by atoms with Gasteiger partial charge in [0, 0.05) is 19.2 Å². The number of amides is 1. The molecule has 1 heterocycles. The highest BCUT2D eigenvalue weighted by atomic mass is 16.4. The lowest BCUT2D eigenvalue weighted by atomic mass is 10.1. The maximum Gasteiger partial charge on any atom is 0.303 e. The van der Waals surface area contributed by atoms with E-state index in [0.717, 1.165) is 19.3 Å². The van der Waals surface area contributed by atoms with E-state index in [1.807, 2.05) is 6.07 Å². The van der Waals surface area contributed by atoms with Crippen LogP contribution in [0.2, 0.25) is 0 Å². The van der Waals surface area contributed by atoms with E-state index >= 15 is 0 Å². The van der Waals surface area contributed by atoms with E-state index in [1.54, 1.807) is 12.3 Å². The van der Waals surface area contributed by atoms with Gasteiger partial charge in [-0.15, -0.1) is 0 Å². The minimum absolute atomic E-state index is 0.164. The fourth-order valence-electron chi connectivity index (χ4n) is 2.51. The predicted molar refractivity (Wildman–Crippen MR) is 95.1 cm³/mol. The Morgan fingerprint density at radius 3 is 2.46 bits per heavy atom. The molecular formula is C19H30N2O3. The van der Waals surface area contributed by atoms with Crippen molar-refractivity contribution in [2.24, 2.45) is 0 Å². The Kier molecular flexibility index (Phi) is 10.5. The van der Waals surface area contributed by atoms with Crippen LogP contribution in [0.15, 0.2) is 18.3 Å². The van der Waals surface area contributed by atoms with Crippen LogP contribution in [0.4, 0.5) is 0 Å². The Morgan fingerprint density at radius 2 is 1.79 bits per heavy atom. The van der Waals surface area contributed by atoms with Gasteiger partial charge in [0.05, 0.1) is 0 Å². The molecule has 0 atom stereocenters. The molecule has 0 fully saturated rings. The standard InChI is InChI=1S/C19H30N2O3/c1-2-3-4-5-7-10-16-12-13-17(21-15-16)19(24)20-14-9-6-8-11-18(22)23/h12-13,15H,2-11,14H2,1H3,(H,20,24)(H,22,23). The average molecular weight is 334 g/mol. The van der Waals surface area contributed by atoms with Gasteiger partial charge >= 0.3 is 5.97 Å². The summed E-state index contributed by atoms with van der Waals surface area (Å²) < 4.78 is 0. The summed E-state index contributed by atoms with van der Waals surface area (Å²) in [6.45, 7) is 2.77. The normalized spacial score (nSPS) is 10.5. The Bertz CT molecular complexity index is 486. The van der Waals surface area contributed by atoms with E-state index in [2.05, 4.69) is 17.2 Å². The third-order valence-corrected chi connectivity index (χ3v) is 3.98. The van der Waals surface area contributed by atoms with Gasteiger partial charge in [-0.25, -0.2) is 0 Å². The fraction of sp³-hybridized carbons (Fsp3) is 0.632. The molecule has 1 aromatic heterocycles. The highest BCUT2D eigenvalue weighted by Gasteiger charge is 2.06. The molecule has 0 aromatic carbocycles. The maximum atomic E-state index is 12.0. The van der Waals surface area contributed by atoms with Gasteiger partial charge in [-0.1, -0.05) is 45.1 Å². The lowest BCUT2D eigenvalue weighted by molar-refractivity contribution is -0.137. The Morgan fingerprint density at radius 1 is 1.04 bits per heavy atom. The minimum Gasteiger partial charge on any atom is -0.481 e. The van der Waals surface area contributed by atoms with Gasteiger partial charge in [-0.2, -0.15) is 0 Å². The molecule has 134 valence electrons. The number of rotatable bonds is 13. The quantitative estimate of drug-likeness (QED) is 0.535. The monoisotopic (exact) mass is 334 g/mol. The zero-order valence-corrected chi connectivity index (χ0v) is 14.7. The van der Waals surface area contributed by atoms with Crippen LogP contribution in [0.25, 0.3) is 0 Å². The zero-order chi connectivity index (χ0) is 17.6. The van der Waals surface area contributed by atoms with Gasteiger partial charge in [-0.05, 0) is 37.3 Å². The highest BCUT2D eigenvalue weighted by Crippen LogP contribution is 2.09. The van der Waals surface area contributed by atoms with E-state index in [1.165, 1.54) is 37.7 Å². The molecule has 2 N–H and O–H groups in total. The summed E-state index contributed by atoms with van der Waals surface area (Å²) in [5.41, 5.74) is 1.62. The van der Waals surface area contributed by atoms with Crippen molar-refractivity contribution >= 4 is 11.9 Å². The van der Waals surface area contributed by atoms with Gasteiger partial charge in [0.1, 0.15) is 5.69 Å². The first kappa shape index (κ1) is 20.1. The summed E-state index contributed by atoms with van der Waals surface area (Å²) >= 11 is 0. The average Bonchev–Trinajstić information content (AvgIpc) is 2.58. The van der Waals surface area contributed by atoms with Crippen LogP contribution in [0.3, 0.4) is 0 Å².